The monoisotopic (exact) mass is 260 g/mol. The minimum Gasteiger partial charge on any atom is -0.493 e. The molecule has 19 heavy (non-hydrogen) atoms. The Morgan fingerprint density at radius 1 is 1.05 bits per heavy atom. The summed E-state index contributed by atoms with van der Waals surface area (Å²) >= 11 is 0. The predicted molar refractivity (Wildman–Crippen MR) is 77.1 cm³/mol. The number of nitrogens with two attached hydrogens (primary N) is 1. The van der Waals surface area contributed by atoms with Gasteiger partial charge in [0.25, 0.3) is 0 Å². The van der Waals surface area contributed by atoms with Crippen molar-refractivity contribution >= 4 is 0 Å². The van der Waals surface area contributed by atoms with Crippen LogP contribution in [0.5, 0.6) is 5.75 Å². The smallest absolute Gasteiger partial charge is 0.119 e. The van der Waals surface area contributed by atoms with E-state index in [0.29, 0.717) is 6.04 Å². The van der Waals surface area contributed by atoms with Crippen molar-refractivity contribution in [3.05, 3.63) is 29.8 Å². The van der Waals surface area contributed by atoms with E-state index in [0.717, 1.165) is 50.8 Å². The molecule has 0 bridgehead atoms. The van der Waals surface area contributed by atoms with Gasteiger partial charge in [-0.2, -0.15) is 0 Å². The Morgan fingerprint density at radius 3 is 2.37 bits per heavy atom. The molecule has 1 saturated heterocycles. The molecule has 0 aromatic heterocycles. The minimum atomic E-state index is 0.412. The number of piperidine rings is 1. The third kappa shape index (κ3) is 3.95. The zero-order chi connectivity index (χ0) is 13.1. The SMILES string of the molecule is NC1CCN(Cc2ccc(OCC3CC3)cc2)CC1. The van der Waals surface area contributed by atoms with Gasteiger partial charge in [-0.3, -0.25) is 4.90 Å². The van der Waals surface area contributed by atoms with Gasteiger partial charge in [0, 0.05) is 12.6 Å². The van der Waals surface area contributed by atoms with Crippen molar-refractivity contribution in [2.45, 2.75) is 38.3 Å². The number of hydrogen-bond donors (Lipinski definition) is 1. The van der Waals surface area contributed by atoms with Crippen LogP contribution in [0.1, 0.15) is 31.2 Å². The zero-order valence-electron chi connectivity index (χ0n) is 11.6. The number of benzene rings is 1. The second kappa shape index (κ2) is 5.93. The Labute approximate surface area is 115 Å². The van der Waals surface area contributed by atoms with Crippen molar-refractivity contribution in [1.29, 1.82) is 0 Å². The van der Waals surface area contributed by atoms with Gasteiger partial charge in [-0.15, -0.1) is 0 Å². The molecule has 1 aliphatic carbocycles. The number of ether oxygens (including phenoxy) is 1. The lowest BCUT2D eigenvalue weighted by molar-refractivity contribution is 0.205. The summed E-state index contributed by atoms with van der Waals surface area (Å²) in [4.78, 5) is 2.49. The van der Waals surface area contributed by atoms with Crippen molar-refractivity contribution in [3.63, 3.8) is 0 Å². The van der Waals surface area contributed by atoms with Crippen LogP contribution in [0.25, 0.3) is 0 Å². The highest BCUT2D eigenvalue weighted by atomic mass is 16.5. The molecule has 0 unspecified atom stereocenters. The molecule has 0 atom stereocenters. The zero-order valence-corrected chi connectivity index (χ0v) is 11.6. The van der Waals surface area contributed by atoms with Gasteiger partial charge in [0.2, 0.25) is 0 Å². The van der Waals surface area contributed by atoms with E-state index in [4.69, 9.17) is 10.5 Å². The molecule has 104 valence electrons. The summed E-state index contributed by atoms with van der Waals surface area (Å²) in [6, 6.07) is 9.00. The average Bonchev–Trinajstić information content (AvgIpc) is 3.25. The fourth-order valence-corrected chi connectivity index (χ4v) is 2.56. The van der Waals surface area contributed by atoms with Gasteiger partial charge < -0.3 is 10.5 Å². The van der Waals surface area contributed by atoms with Gasteiger partial charge in [-0.1, -0.05) is 12.1 Å². The van der Waals surface area contributed by atoms with Crippen molar-refractivity contribution in [2.75, 3.05) is 19.7 Å². The summed E-state index contributed by atoms with van der Waals surface area (Å²) in [6.07, 6.45) is 4.94. The fourth-order valence-electron chi connectivity index (χ4n) is 2.56. The van der Waals surface area contributed by atoms with Crippen LogP contribution in [0.4, 0.5) is 0 Å². The molecule has 2 aliphatic rings. The molecular weight excluding hydrogens is 236 g/mol. The van der Waals surface area contributed by atoms with Crippen molar-refractivity contribution in [2.24, 2.45) is 11.7 Å². The maximum atomic E-state index is 5.93. The number of hydrogen-bond acceptors (Lipinski definition) is 3. The standard InChI is InChI=1S/C16H24N2O/c17-15-7-9-18(10-8-15)11-13-3-5-16(6-4-13)19-12-14-1-2-14/h3-6,14-15H,1-2,7-12,17H2. The van der Waals surface area contributed by atoms with Gasteiger partial charge in [0.05, 0.1) is 6.61 Å². The lowest BCUT2D eigenvalue weighted by Crippen LogP contribution is -2.39. The highest BCUT2D eigenvalue weighted by Gasteiger charge is 2.21. The van der Waals surface area contributed by atoms with E-state index in [1.807, 2.05) is 0 Å². The molecule has 1 heterocycles. The Balaban J connectivity index is 1.47. The maximum absolute atomic E-state index is 5.93. The van der Waals surface area contributed by atoms with E-state index < -0.39 is 0 Å². The molecule has 2 fully saturated rings. The van der Waals surface area contributed by atoms with Gasteiger partial charge in [0.1, 0.15) is 5.75 Å². The number of nitrogens with zero attached hydrogens (tertiary/aromatic N) is 1. The summed E-state index contributed by atoms with van der Waals surface area (Å²) in [5.74, 6) is 1.83. The maximum Gasteiger partial charge on any atom is 0.119 e. The molecule has 3 heteroatoms. The lowest BCUT2D eigenvalue weighted by Gasteiger charge is -2.30. The van der Waals surface area contributed by atoms with E-state index in [9.17, 15) is 0 Å². The van der Waals surface area contributed by atoms with Crippen LogP contribution in [-0.2, 0) is 6.54 Å². The van der Waals surface area contributed by atoms with E-state index in [-0.39, 0.29) is 0 Å². The van der Waals surface area contributed by atoms with E-state index in [1.54, 1.807) is 0 Å². The first-order valence-electron chi connectivity index (χ1n) is 7.49. The normalized spacial score (nSPS) is 21.5. The van der Waals surface area contributed by atoms with Crippen LogP contribution < -0.4 is 10.5 Å². The van der Waals surface area contributed by atoms with E-state index in [2.05, 4.69) is 29.2 Å². The molecule has 2 N–H and O–H groups in total. The van der Waals surface area contributed by atoms with Crippen molar-refractivity contribution in [1.82, 2.24) is 4.90 Å². The molecule has 1 saturated carbocycles. The van der Waals surface area contributed by atoms with Crippen molar-refractivity contribution in [3.8, 4) is 5.75 Å². The Bertz CT molecular complexity index is 392. The van der Waals surface area contributed by atoms with Crippen LogP contribution >= 0.6 is 0 Å². The molecular formula is C16H24N2O. The van der Waals surface area contributed by atoms with Gasteiger partial charge >= 0.3 is 0 Å². The lowest BCUT2D eigenvalue weighted by atomic mass is 10.1. The minimum absolute atomic E-state index is 0.412. The Kier molecular flexibility index (Phi) is 4.04. The molecule has 3 rings (SSSR count). The molecule has 3 nitrogen and oxygen atoms in total. The predicted octanol–water partition coefficient (Wildman–Crippen LogP) is 2.40. The average molecular weight is 260 g/mol. The number of rotatable bonds is 5. The largest absolute Gasteiger partial charge is 0.493 e. The first-order chi connectivity index (χ1) is 9.29. The van der Waals surface area contributed by atoms with Gasteiger partial charge in [0.15, 0.2) is 0 Å². The molecule has 0 radical (unpaired) electrons. The number of likely N-dealkylation sites (tertiary alicyclic amines) is 1. The quantitative estimate of drug-likeness (QED) is 0.883. The van der Waals surface area contributed by atoms with Gasteiger partial charge in [-0.25, -0.2) is 0 Å². The van der Waals surface area contributed by atoms with Crippen LogP contribution in [0.15, 0.2) is 24.3 Å². The summed E-state index contributed by atoms with van der Waals surface area (Å²) in [5, 5.41) is 0. The molecule has 0 spiro atoms. The summed E-state index contributed by atoms with van der Waals surface area (Å²) < 4.78 is 5.76. The highest BCUT2D eigenvalue weighted by molar-refractivity contribution is 5.27. The topological polar surface area (TPSA) is 38.5 Å². The second-order valence-electron chi connectivity index (χ2n) is 6.01. The van der Waals surface area contributed by atoms with Crippen LogP contribution in [-0.4, -0.2) is 30.6 Å². The molecule has 1 aromatic carbocycles. The Hall–Kier alpha value is -1.06. The van der Waals surface area contributed by atoms with Crippen molar-refractivity contribution < 1.29 is 4.74 Å². The molecule has 1 aliphatic heterocycles. The fraction of sp³-hybridized carbons (Fsp3) is 0.625. The first kappa shape index (κ1) is 12.9. The van der Waals surface area contributed by atoms with Crippen LogP contribution in [0, 0.1) is 5.92 Å². The summed E-state index contributed by atoms with van der Waals surface area (Å²) in [7, 11) is 0. The van der Waals surface area contributed by atoms with E-state index >= 15 is 0 Å². The summed E-state index contributed by atoms with van der Waals surface area (Å²) in [6.45, 7) is 4.18. The van der Waals surface area contributed by atoms with E-state index in [1.165, 1.54) is 18.4 Å². The third-order valence-electron chi connectivity index (χ3n) is 4.14. The highest BCUT2D eigenvalue weighted by Crippen LogP contribution is 2.29. The van der Waals surface area contributed by atoms with Crippen LogP contribution in [0.3, 0.4) is 0 Å². The third-order valence-corrected chi connectivity index (χ3v) is 4.14. The Morgan fingerprint density at radius 2 is 1.74 bits per heavy atom. The summed E-state index contributed by atoms with van der Waals surface area (Å²) in [5.41, 5.74) is 7.30. The first-order valence-corrected chi connectivity index (χ1v) is 7.49. The molecule has 1 aromatic rings. The van der Waals surface area contributed by atoms with Gasteiger partial charge in [-0.05, 0) is 62.4 Å². The second-order valence-corrected chi connectivity index (χ2v) is 6.01. The molecule has 0 amide bonds. The van der Waals surface area contributed by atoms with Crippen LogP contribution in [0.2, 0.25) is 0 Å².